The van der Waals surface area contributed by atoms with E-state index in [0.717, 1.165) is 27.6 Å². The van der Waals surface area contributed by atoms with Crippen LogP contribution in [0.25, 0.3) is 10.9 Å². The molecule has 0 spiro atoms. The van der Waals surface area contributed by atoms with Crippen LogP contribution in [-0.4, -0.2) is 70.5 Å². The van der Waals surface area contributed by atoms with E-state index in [1.165, 1.54) is 6.92 Å². The molecule has 10 nitrogen and oxygen atoms in total. The predicted molar refractivity (Wildman–Crippen MR) is 158 cm³/mol. The summed E-state index contributed by atoms with van der Waals surface area (Å²) in [5.41, 5.74) is 4.43. The first kappa shape index (κ1) is 30.0. The van der Waals surface area contributed by atoms with Gasteiger partial charge in [0.1, 0.15) is 6.04 Å². The molecule has 1 aliphatic heterocycles. The van der Waals surface area contributed by atoms with Gasteiger partial charge in [0.15, 0.2) is 0 Å². The third kappa shape index (κ3) is 7.80. The highest BCUT2D eigenvalue weighted by Gasteiger charge is 2.28. The van der Waals surface area contributed by atoms with Gasteiger partial charge in [-0.15, -0.1) is 0 Å². The number of aromatic amines is 1. The molecule has 1 aliphatic rings. The van der Waals surface area contributed by atoms with Crippen LogP contribution in [-0.2, 0) is 22.6 Å². The number of carbonyl (C=O) groups is 3. The van der Waals surface area contributed by atoms with Gasteiger partial charge in [0, 0.05) is 42.3 Å². The number of nitrogens with one attached hydrogen (secondary N) is 4. The fourth-order valence-electron chi connectivity index (χ4n) is 5.15. The van der Waals surface area contributed by atoms with Crippen molar-refractivity contribution in [3.8, 4) is 0 Å². The molecule has 3 amide bonds. The molecule has 1 aromatic heterocycles. The monoisotopic (exact) mass is 561 g/mol. The van der Waals surface area contributed by atoms with Gasteiger partial charge in [-0.1, -0.05) is 18.2 Å². The summed E-state index contributed by atoms with van der Waals surface area (Å²) < 4.78 is 0. The molecule has 3 atom stereocenters. The second-order valence-electron chi connectivity index (χ2n) is 11.1. The summed E-state index contributed by atoms with van der Waals surface area (Å²) >= 11 is 0. The van der Waals surface area contributed by atoms with Crippen LogP contribution in [0.5, 0.6) is 0 Å². The van der Waals surface area contributed by atoms with Crippen molar-refractivity contribution in [3.63, 3.8) is 0 Å². The van der Waals surface area contributed by atoms with Crippen molar-refractivity contribution in [2.75, 3.05) is 19.6 Å². The van der Waals surface area contributed by atoms with E-state index in [1.54, 1.807) is 19.1 Å². The Morgan fingerprint density at radius 2 is 1.80 bits per heavy atom. The molecule has 0 saturated carbocycles. The maximum Gasteiger partial charge on any atom is 0.252 e. The zero-order chi connectivity index (χ0) is 29.7. The fraction of sp³-hybridized carbons (Fsp3) is 0.419. The number of hydrogen-bond donors (Lipinski definition) is 5. The van der Waals surface area contributed by atoms with E-state index < -0.39 is 30.0 Å². The van der Waals surface area contributed by atoms with E-state index in [0.29, 0.717) is 30.5 Å². The second-order valence-corrected chi connectivity index (χ2v) is 11.1. The minimum Gasteiger partial charge on any atom is -0.391 e. The van der Waals surface area contributed by atoms with Crippen molar-refractivity contribution in [1.29, 1.82) is 0 Å². The van der Waals surface area contributed by atoms with Crippen molar-refractivity contribution in [2.24, 2.45) is 0 Å². The molecule has 0 unspecified atom stereocenters. The number of nitrogens with zero attached hydrogens (tertiary/aromatic N) is 1. The average Bonchev–Trinajstić information content (AvgIpc) is 2.90. The largest absolute Gasteiger partial charge is 0.391 e. The molecule has 0 aliphatic carbocycles. The summed E-state index contributed by atoms with van der Waals surface area (Å²) in [5, 5.41) is 19.7. The van der Waals surface area contributed by atoms with Crippen LogP contribution in [0.3, 0.4) is 0 Å². The molecule has 218 valence electrons. The number of aliphatic hydroxyl groups excluding tert-OH is 1. The number of aromatic nitrogens is 1. The van der Waals surface area contributed by atoms with Crippen LogP contribution in [0.1, 0.15) is 52.9 Å². The van der Waals surface area contributed by atoms with Gasteiger partial charge in [-0.3, -0.25) is 24.1 Å². The normalized spacial score (nSPS) is 20.6. The van der Waals surface area contributed by atoms with E-state index in [2.05, 4.69) is 20.9 Å². The molecule has 5 N–H and O–H groups in total. The molecule has 41 heavy (non-hydrogen) atoms. The summed E-state index contributed by atoms with van der Waals surface area (Å²) in [6.07, 6.45) is 0.189. The molecule has 0 radical (unpaired) electrons. The highest BCUT2D eigenvalue weighted by Crippen LogP contribution is 2.16. The van der Waals surface area contributed by atoms with Crippen LogP contribution in [0.4, 0.5) is 0 Å². The molecule has 2 bridgehead atoms. The van der Waals surface area contributed by atoms with Crippen LogP contribution >= 0.6 is 0 Å². The van der Waals surface area contributed by atoms with Gasteiger partial charge in [0.05, 0.1) is 12.6 Å². The number of pyridine rings is 1. The summed E-state index contributed by atoms with van der Waals surface area (Å²) in [5.74, 6) is -1.18. The van der Waals surface area contributed by atoms with Crippen LogP contribution in [0, 0.1) is 13.8 Å². The molecule has 2 aromatic carbocycles. The minimum atomic E-state index is -1.17. The molecular weight excluding hydrogens is 522 g/mol. The van der Waals surface area contributed by atoms with Crippen molar-refractivity contribution in [1.82, 2.24) is 25.8 Å². The Balaban J connectivity index is 1.59. The lowest BCUT2D eigenvalue weighted by molar-refractivity contribution is -0.126. The third-order valence-electron chi connectivity index (χ3n) is 7.37. The highest BCUT2D eigenvalue weighted by atomic mass is 16.3. The van der Waals surface area contributed by atoms with Gasteiger partial charge in [-0.25, -0.2) is 0 Å². The van der Waals surface area contributed by atoms with E-state index in [-0.39, 0.29) is 31.1 Å². The van der Waals surface area contributed by atoms with Gasteiger partial charge in [0.2, 0.25) is 11.8 Å². The lowest BCUT2D eigenvalue weighted by atomic mass is 10.00. The number of fused-ring (bicyclic) bond motifs is 3. The molecule has 10 heteroatoms. The standard InChI is InChI=1S/C31H39N5O5/c1-18-7-9-23-14-25(30(40)34-26(23)12-18)16-36-15-20(3)33-31(41)28(21(4)37)35-29(39)24-10-8-19(2)22(13-24)6-5-11-32-27(38)17-36/h7-10,12-14,20-21,28,37H,5-6,11,15-17H2,1-4H3,(H,32,38)(H,33,41)(H,34,40)(H,35,39)/t20-,21-,28+/m1/s1. The summed E-state index contributed by atoms with van der Waals surface area (Å²) in [6.45, 7) is 8.06. The Morgan fingerprint density at radius 3 is 2.56 bits per heavy atom. The Labute approximate surface area is 239 Å². The van der Waals surface area contributed by atoms with Crippen molar-refractivity contribution < 1.29 is 19.5 Å². The first-order chi connectivity index (χ1) is 19.5. The number of aliphatic hydroxyl groups is 1. The van der Waals surface area contributed by atoms with E-state index >= 15 is 0 Å². The first-order valence-electron chi connectivity index (χ1n) is 14.0. The van der Waals surface area contributed by atoms with Gasteiger partial charge >= 0.3 is 0 Å². The lowest BCUT2D eigenvalue weighted by Gasteiger charge is -2.28. The molecule has 0 saturated heterocycles. The SMILES string of the molecule is Cc1ccc2cc(CN3CC(=O)NCCCc4cc(ccc4C)C(=O)N[C@@H]([C@@H](C)O)C(=O)N[C@H](C)C3)c(=O)[nH]c2c1. The number of hydrogen-bond acceptors (Lipinski definition) is 6. The van der Waals surface area contributed by atoms with E-state index in [4.69, 9.17) is 0 Å². The molecule has 2 heterocycles. The highest BCUT2D eigenvalue weighted by molar-refractivity contribution is 5.98. The van der Waals surface area contributed by atoms with Crippen LogP contribution in [0.15, 0.2) is 47.3 Å². The Morgan fingerprint density at radius 1 is 1.02 bits per heavy atom. The van der Waals surface area contributed by atoms with Crippen molar-refractivity contribution >= 4 is 28.6 Å². The van der Waals surface area contributed by atoms with Gasteiger partial charge in [-0.05, 0) is 86.9 Å². The van der Waals surface area contributed by atoms with Crippen molar-refractivity contribution in [3.05, 3.63) is 80.6 Å². The number of amides is 3. The zero-order valence-corrected chi connectivity index (χ0v) is 24.0. The zero-order valence-electron chi connectivity index (χ0n) is 24.0. The quantitative estimate of drug-likeness (QED) is 0.329. The summed E-state index contributed by atoms with van der Waals surface area (Å²) in [4.78, 5) is 56.8. The Kier molecular flexibility index (Phi) is 9.57. The Bertz CT molecular complexity index is 1500. The van der Waals surface area contributed by atoms with Gasteiger partial charge in [-0.2, -0.15) is 0 Å². The molecule has 4 rings (SSSR count). The number of carbonyl (C=O) groups excluding carboxylic acids is 3. The molecule has 3 aromatic rings. The third-order valence-corrected chi connectivity index (χ3v) is 7.37. The van der Waals surface area contributed by atoms with Crippen LogP contribution in [0.2, 0.25) is 0 Å². The Hall–Kier alpha value is -4.02. The van der Waals surface area contributed by atoms with Crippen LogP contribution < -0.4 is 21.5 Å². The number of H-pyrrole nitrogens is 1. The van der Waals surface area contributed by atoms with E-state index in [9.17, 15) is 24.3 Å². The number of aryl methyl sites for hydroxylation is 3. The lowest BCUT2D eigenvalue weighted by Crippen LogP contribution is -2.55. The summed E-state index contributed by atoms with van der Waals surface area (Å²) in [6, 6.07) is 11.3. The van der Waals surface area contributed by atoms with Crippen molar-refractivity contribution in [2.45, 2.75) is 65.3 Å². The topological polar surface area (TPSA) is 144 Å². The smallest absolute Gasteiger partial charge is 0.252 e. The van der Waals surface area contributed by atoms with Gasteiger partial charge < -0.3 is 26.0 Å². The first-order valence-corrected chi connectivity index (χ1v) is 14.0. The van der Waals surface area contributed by atoms with E-state index in [1.807, 2.05) is 49.1 Å². The maximum absolute atomic E-state index is 13.2. The predicted octanol–water partition coefficient (Wildman–Crippen LogP) is 1.69. The average molecular weight is 562 g/mol. The summed E-state index contributed by atoms with van der Waals surface area (Å²) in [7, 11) is 0. The molecular formula is C31H39N5O5. The van der Waals surface area contributed by atoms with Gasteiger partial charge in [0.25, 0.3) is 11.5 Å². The maximum atomic E-state index is 13.2. The number of rotatable bonds is 3. The molecule has 0 fully saturated rings. The second kappa shape index (κ2) is 13.1. The number of benzene rings is 2. The minimum absolute atomic E-state index is 0.0245. The fourth-order valence-corrected chi connectivity index (χ4v) is 5.15.